The first kappa shape index (κ1) is 18.2. The third-order valence-corrected chi connectivity index (χ3v) is 5.11. The summed E-state index contributed by atoms with van der Waals surface area (Å²) in [6.45, 7) is 5.23. The van der Waals surface area contributed by atoms with Crippen molar-refractivity contribution in [2.45, 2.75) is 31.4 Å². The fraction of sp³-hybridized carbons (Fsp3) is 0.400. The molecule has 1 heterocycles. The number of aliphatic hydroxyl groups excluding tert-OH is 1. The average Bonchev–Trinajstić information content (AvgIpc) is 2.81. The van der Waals surface area contributed by atoms with E-state index in [2.05, 4.69) is 19.2 Å². The van der Waals surface area contributed by atoms with E-state index in [9.17, 15) is 9.50 Å². The van der Waals surface area contributed by atoms with Gasteiger partial charge in [-0.05, 0) is 36.4 Å². The van der Waals surface area contributed by atoms with Crippen molar-refractivity contribution in [2.24, 2.45) is 0 Å². The van der Waals surface area contributed by atoms with Crippen LogP contribution in [0.15, 0.2) is 42.5 Å². The van der Waals surface area contributed by atoms with Gasteiger partial charge in [0.2, 0.25) is 0 Å². The minimum Gasteiger partial charge on any atom is -0.389 e. The van der Waals surface area contributed by atoms with E-state index < -0.39 is 6.10 Å². The maximum atomic E-state index is 14.7. The third-order valence-electron chi connectivity index (χ3n) is 4.87. The maximum Gasteiger partial charge on any atom is 0.146 e. The zero-order valence-electron chi connectivity index (χ0n) is 14.8. The number of fused-ring (bicyclic) bond motifs is 1. The van der Waals surface area contributed by atoms with Crippen LogP contribution in [0.3, 0.4) is 0 Å². The average molecular weight is 363 g/mol. The van der Waals surface area contributed by atoms with Gasteiger partial charge < -0.3 is 15.3 Å². The number of rotatable bonds is 5. The number of halogens is 2. The summed E-state index contributed by atoms with van der Waals surface area (Å²) in [5, 5.41) is 14.4. The normalized spacial score (nSPS) is 18.1. The Morgan fingerprint density at radius 1 is 1.28 bits per heavy atom. The highest BCUT2D eigenvalue weighted by Gasteiger charge is 2.42. The topological polar surface area (TPSA) is 35.5 Å². The summed E-state index contributed by atoms with van der Waals surface area (Å²) in [6, 6.07) is 12.2. The smallest absolute Gasteiger partial charge is 0.146 e. The lowest BCUT2D eigenvalue weighted by atomic mass is 9.87. The first-order valence-electron chi connectivity index (χ1n) is 8.49. The molecule has 2 unspecified atom stereocenters. The fourth-order valence-electron chi connectivity index (χ4n) is 3.80. The molecule has 2 aromatic carbocycles. The molecule has 2 atom stereocenters. The van der Waals surface area contributed by atoms with Gasteiger partial charge in [-0.3, -0.25) is 0 Å². The molecule has 0 aromatic heterocycles. The number of hydrogen-bond donors (Lipinski definition) is 2. The van der Waals surface area contributed by atoms with E-state index >= 15 is 0 Å². The molecule has 134 valence electrons. The van der Waals surface area contributed by atoms with Gasteiger partial charge in [0, 0.05) is 23.5 Å². The predicted octanol–water partition coefficient (Wildman–Crippen LogP) is 3.90. The van der Waals surface area contributed by atoms with Crippen LogP contribution in [-0.2, 0) is 5.41 Å². The van der Waals surface area contributed by atoms with Gasteiger partial charge in [-0.15, -0.1) is 0 Å². The zero-order valence-corrected chi connectivity index (χ0v) is 15.5. The van der Waals surface area contributed by atoms with Gasteiger partial charge in [-0.1, -0.05) is 49.7 Å². The molecule has 0 bridgehead atoms. The summed E-state index contributed by atoms with van der Waals surface area (Å²) in [5.74, 6) is -0.258. The maximum absolute atomic E-state index is 14.7. The van der Waals surface area contributed by atoms with E-state index in [0.29, 0.717) is 23.8 Å². The highest BCUT2D eigenvalue weighted by atomic mass is 35.5. The molecule has 0 aliphatic carbocycles. The van der Waals surface area contributed by atoms with Gasteiger partial charge in [0.15, 0.2) is 0 Å². The van der Waals surface area contributed by atoms with Crippen molar-refractivity contribution in [3.05, 3.63) is 64.4 Å². The zero-order chi connectivity index (χ0) is 18.2. The lowest BCUT2D eigenvalue weighted by molar-refractivity contribution is 0.139. The Morgan fingerprint density at radius 2 is 2.00 bits per heavy atom. The molecule has 0 amide bonds. The van der Waals surface area contributed by atoms with E-state index in [-0.39, 0.29) is 17.3 Å². The van der Waals surface area contributed by atoms with Crippen LogP contribution in [0.1, 0.15) is 31.0 Å². The summed E-state index contributed by atoms with van der Waals surface area (Å²) >= 11 is 6.18. The van der Waals surface area contributed by atoms with Crippen LogP contribution in [0.25, 0.3) is 0 Å². The van der Waals surface area contributed by atoms with Gasteiger partial charge >= 0.3 is 0 Å². The largest absolute Gasteiger partial charge is 0.389 e. The van der Waals surface area contributed by atoms with E-state index in [1.165, 1.54) is 6.07 Å². The molecule has 0 spiro atoms. The van der Waals surface area contributed by atoms with Gasteiger partial charge in [-0.25, -0.2) is 4.39 Å². The number of nitrogens with zero attached hydrogens (tertiary/aromatic N) is 1. The van der Waals surface area contributed by atoms with Crippen molar-refractivity contribution < 1.29 is 9.50 Å². The number of aliphatic hydroxyl groups is 1. The van der Waals surface area contributed by atoms with Crippen molar-refractivity contribution >= 4 is 17.3 Å². The van der Waals surface area contributed by atoms with Gasteiger partial charge in [-0.2, -0.15) is 0 Å². The van der Waals surface area contributed by atoms with Gasteiger partial charge in [0.25, 0.3) is 0 Å². The molecule has 0 radical (unpaired) electrons. The molecule has 1 aliphatic rings. The Labute approximate surface area is 153 Å². The Morgan fingerprint density at radius 3 is 2.68 bits per heavy atom. The third kappa shape index (κ3) is 3.39. The van der Waals surface area contributed by atoms with Gasteiger partial charge in [0.05, 0.1) is 17.8 Å². The highest BCUT2D eigenvalue weighted by Crippen LogP contribution is 2.46. The van der Waals surface area contributed by atoms with E-state index in [0.717, 1.165) is 11.1 Å². The van der Waals surface area contributed by atoms with Crippen molar-refractivity contribution in [1.82, 2.24) is 5.32 Å². The molecule has 1 aliphatic heterocycles. The Hall–Kier alpha value is -1.62. The molecule has 0 fully saturated rings. The summed E-state index contributed by atoms with van der Waals surface area (Å²) in [6.07, 6.45) is -0.704. The molecule has 2 aromatic rings. The first-order valence-corrected chi connectivity index (χ1v) is 8.86. The number of nitrogens with one attached hydrogen (secondary N) is 1. The van der Waals surface area contributed by atoms with Crippen LogP contribution in [0.2, 0.25) is 5.02 Å². The van der Waals surface area contributed by atoms with E-state index in [1.807, 2.05) is 29.2 Å². The molecule has 5 heteroatoms. The molecule has 0 saturated carbocycles. The summed E-state index contributed by atoms with van der Waals surface area (Å²) < 4.78 is 14.7. The summed E-state index contributed by atoms with van der Waals surface area (Å²) in [4.78, 5) is 1.98. The lowest BCUT2D eigenvalue weighted by Crippen LogP contribution is -2.42. The second kappa shape index (κ2) is 6.94. The molecular weight excluding hydrogens is 339 g/mol. The summed E-state index contributed by atoms with van der Waals surface area (Å²) in [5.41, 5.74) is 2.22. The molecular formula is C20H24ClFN2O. The van der Waals surface area contributed by atoms with E-state index in [1.54, 1.807) is 19.2 Å². The molecule has 2 N–H and O–H groups in total. The number of likely N-dealkylation sites (N-methyl/N-ethyl adjacent to an activating group) is 1. The predicted molar refractivity (Wildman–Crippen MR) is 101 cm³/mol. The first-order chi connectivity index (χ1) is 11.8. The second-order valence-corrected chi connectivity index (χ2v) is 7.71. The minimum atomic E-state index is -0.704. The van der Waals surface area contributed by atoms with Crippen LogP contribution >= 0.6 is 11.6 Å². The number of hydrogen-bond acceptors (Lipinski definition) is 3. The van der Waals surface area contributed by atoms with Crippen molar-refractivity contribution in [3.63, 3.8) is 0 Å². The van der Waals surface area contributed by atoms with Crippen LogP contribution < -0.4 is 10.2 Å². The van der Waals surface area contributed by atoms with Crippen molar-refractivity contribution in [3.8, 4) is 0 Å². The van der Waals surface area contributed by atoms with Crippen LogP contribution in [-0.4, -0.2) is 31.3 Å². The van der Waals surface area contributed by atoms with Crippen molar-refractivity contribution in [2.75, 3.05) is 25.0 Å². The van der Waals surface area contributed by atoms with E-state index in [4.69, 9.17) is 11.6 Å². The Balaban J connectivity index is 2.12. The molecule has 3 rings (SSSR count). The molecule has 25 heavy (non-hydrogen) atoms. The highest BCUT2D eigenvalue weighted by molar-refractivity contribution is 6.30. The number of anilines is 1. The minimum absolute atomic E-state index is 0.201. The Bertz CT molecular complexity index is 765. The standard InChI is InChI=1S/C20H24ClFN2O/c1-20(2)12-24(19-15(20)8-5-9-16(19)22)18(17(25)11-23-3)13-6-4-7-14(21)10-13/h4-10,17-18,23,25H,11-12H2,1-3H3. The SMILES string of the molecule is CNCC(O)C(c1cccc(Cl)c1)N1CC(C)(C)c2cccc(F)c21. The van der Waals surface area contributed by atoms with Crippen LogP contribution in [0, 0.1) is 5.82 Å². The number of benzene rings is 2. The molecule has 0 saturated heterocycles. The molecule has 3 nitrogen and oxygen atoms in total. The monoisotopic (exact) mass is 362 g/mol. The summed E-state index contributed by atoms with van der Waals surface area (Å²) in [7, 11) is 1.79. The fourth-order valence-corrected chi connectivity index (χ4v) is 4.00. The number of para-hydroxylation sites is 1. The van der Waals surface area contributed by atoms with Crippen LogP contribution in [0.5, 0.6) is 0 Å². The van der Waals surface area contributed by atoms with Crippen LogP contribution in [0.4, 0.5) is 10.1 Å². The Kier molecular flexibility index (Phi) is 5.05. The lowest BCUT2D eigenvalue weighted by Gasteiger charge is -2.35. The second-order valence-electron chi connectivity index (χ2n) is 7.27. The quantitative estimate of drug-likeness (QED) is 0.846. The van der Waals surface area contributed by atoms with Crippen molar-refractivity contribution in [1.29, 1.82) is 0 Å². The van der Waals surface area contributed by atoms with Gasteiger partial charge in [0.1, 0.15) is 5.82 Å².